The topological polar surface area (TPSA) is 119 Å². The van der Waals surface area contributed by atoms with Crippen LogP contribution in [-0.2, 0) is 16.0 Å². The number of aliphatic hydroxyl groups is 1. The quantitative estimate of drug-likeness (QED) is 0.699. The number of benzene rings is 1. The Bertz CT molecular complexity index is 955. The Morgan fingerprint density at radius 1 is 1.30 bits per heavy atom. The fraction of sp³-hybridized carbons (Fsp3) is 0.450. The highest BCUT2D eigenvalue weighted by Gasteiger charge is 2.51. The predicted molar refractivity (Wildman–Crippen MR) is 98.1 cm³/mol. The standard InChI is InChI=1S/C20H23N3O4/c1-19(2,3)27-18(25)16-14(12-7-5-11(10-21)6-8-12)15-13(9-20(16,4)26)22-23-17(15)24/h5-8,14,16,26H,9H2,1-4H3,(H2,22,23,24)/t14-,16-,20-/m0/s1. The van der Waals surface area contributed by atoms with Crippen molar-refractivity contribution in [3.8, 4) is 6.07 Å². The zero-order valence-electron chi connectivity index (χ0n) is 15.8. The molecule has 142 valence electrons. The van der Waals surface area contributed by atoms with Crippen LogP contribution in [-0.4, -0.2) is 32.5 Å². The summed E-state index contributed by atoms with van der Waals surface area (Å²) in [5, 5.41) is 25.5. The van der Waals surface area contributed by atoms with Crippen LogP contribution in [0.15, 0.2) is 29.1 Å². The molecule has 0 spiro atoms. The van der Waals surface area contributed by atoms with Crippen molar-refractivity contribution in [3.05, 3.63) is 57.0 Å². The summed E-state index contributed by atoms with van der Waals surface area (Å²) in [7, 11) is 0. The van der Waals surface area contributed by atoms with Gasteiger partial charge in [-0.05, 0) is 45.4 Å². The average Bonchev–Trinajstić information content (AvgIpc) is 2.91. The highest BCUT2D eigenvalue weighted by atomic mass is 16.6. The highest BCUT2D eigenvalue weighted by molar-refractivity contribution is 5.77. The molecule has 1 aromatic carbocycles. The maximum Gasteiger partial charge on any atom is 0.313 e. The van der Waals surface area contributed by atoms with E-state index in [1.54, 1.807) is 52.0 Å². The molecule has 0 saturated heterocycles. The number of fused-ring (bicyclic) bond motifs is 1. The van der Waals surface area contributed by atoms with Gasteiger partial charge in [-0.1, -0.05) is 12.1 Å². The lowest BCUT2D eigenvalue weighted by Gasteiger charge is -2.41. The van der Waals surface area contributed by atoms with Crippen molar-refractivity contribution in [1.29, 1.82) is 5.26 Å². The van der Waals surface area contributed by atoms with E-state index in [0.717, 1.165) is 0 Å². The first-order valence-electron chi connectivity index (χ1n) is 8.78. The summed E-state index contributed by atoms with van der Waals surface area (Å²) >= 11 is 0. The molecule has 27 heavy (non-hydrogen) atoms. The Kier molecular flexibility index (Phi) is 4.48. The largest absolute Gasteiger partial charge is 0.460 e. The van der Waals surface area contributed by atoms with Crippen molar-refractivity contribution in [1.82, 2.24) is 10.2 Å². The number of rotatable bonds is 2. The van der Waals surface area contributed by atoms with Gasteiger partial charge >= 0.3 is 5.97 Å². The number of esters is 1. The van der Waals surface area contributed by atoms with Crippen LogP contribution < -0.4 is 5.56 Å². The molecule has 0 bridgehead atoms. The van der Waals surface area contributed by atoms with Crippen molar-refractivity contribution in [2.24, 2.45) is 5.92 Å². The van der Waals surface area contributed by atoms with Gasteiger partial charge in [0, 0.05) is 23.6 Å². The van der Waals surface area contributed by atoms with Crippen LogP contribution in [0.5, 0.6) is 0 Å². The second-order valence-corrected chi connectivity index (χ2v) is 8.23. The number of H-pyrrole nitrogens is 2. The molecule has 0 unspecified atom stereocenters. The molecule has 1 aromatic heterocycles. The molecular weight excluding hydrogens is 346 g/mol. The van der Waals surface area contributed by atoms with E-state index >= 15 is 0 Å². The van der Waals surface area contributed by atoms with E-state index in [0.29, 0.717) is 22.4 Å². The zero-order chi connectivity index (χ0) is 20.0. The molecule has 7 nitrogen and oxygen atoms in total. The van der Waals surface area contributed by atoms with Crippen molar-refractivity contribution in [3.63, 3.8) is 0 Å². The maximum absolute atomic E-state index is 13.0. The second-order valence-electron chi connectivity index (χ2n) is 8.23. The van der Waals surface area contributed by atoms with Gasteiger partial charge in [0.15, 0.2) is 0 Å². The van der Waals surface area contributed by atoms with Crippen LogP contribution in [0.25, 0.3) is 0 Å². The van der Waals surface area contributed by atoms with Crippen LogP contribution in [0.1, 0.15) is 56.0 Å². The molecule has 3 atom stereocenters. The van der Waals surface area contributed by atoms with Crippen LogP contribution in [0.3, 0.4) is 0 Å². The second kappa shape index (κ2) is 6.39. The van der Waals surface area contributed by atoms with E-state index in [2.05, 4.69) is 10.2 Å². The minimum absolute atomic E-state index is 0.123. The molecule has 0 aliphatic heterocycles. The number of nitrogens with one attached hydrogen (secondary N) is 2. The number of aromatic amines is 2. The third-order valence-electron chi connectivity index (χ3n) is 4.81. The number of aromatic nitrogens is 2. The molecular formula is C20H23N3O4. The molecule has 1 aliphatic carbocycles. The Morgan fingerprint density at radius 3 is 2.48 bits per heavy atom. The molecule has 0 radical (unpaired) electrons. The van der Waals surface area contributed by atoms with Crippen LogP contribution >= 0.6 is 0 Å². The summed E-state index contributed by atoms with van der Waals surface area (Å²) < 4.78 is 5.57. The zero-order valence-corrected chi connectivity index (χ0v) is 15.8. The summed E-state index contributed by atoms with van der Waals surface area (Å²) in [6.07, 6.45) is 0.123. The van der Waals surface area contributed by atoms with Crippen molar-refractivity contribution in [2.75, 3.05) is 0 Å². The summed E-state index contributed by atoms with van der Waals surface area (Å²) in [5.74, 6) is -2.22. The summed E-state index contributed by atoms with van der Waals surface area (Å²) in [5.41, 5.74) is -0.356. The molecule has 1 heterocycles. The van der Waals surface area contributed by atoms with E-state index < -0.39 is 29.0 Å². The van der Waals surface area contributed by atoms with E-state index in [4.69, 9.17) is 10.00 Å². The molecule has 7 heteroatoms. The average molecular weight is 369 g/mol. The smallest absolute Gasteiger partial charge is 0.313 e. The first-order chi connectivity index (χ1) is 12.5. The maximum atomic E-state index is 13.0. The molecule has 3 rings (SSSR count). The van der Waals surface area contributed by atoms with Gasteiger partial charge in [-0.15, -0.1) is 0 Å². The van der Waals surface area contributed by atoms with E-state index in [9.17, 15) is 14.7 Å². The van der Waals surface area contributed by atoms with Crippen molar-refractivity contribution < 1.29 is 14.6 Å². The Morgan fingerprint density at radius 2 is 1.93 bits per heavy atom. The highest BCUT2D eigenvalue weighted by Crippen LogP contribution is 2.44. The van der Waals surface area contributed by atoms with Crippen LogP contribution in [0, 0.1) is 17.2 Å². The number of hydrogen-bond acceptors (Lipinski definition) is 5. The predicted octanol–water partition coefficient (Wildman–Crippen LogP) is 1.97. The van der Waals surface area contributed by atoms with E-state index in [1.165, 1.54) is 0 Å². The molecule has 3 N–H and O–H groups in total. The number of nitriles is 1. The van der Waals surface area contributed by atoms with Crippen LogP contribution in [0.2, 0.25) is 0 Å². The molecule has 1 aliphatic rings. The minimum Gasteiger partial charge on any atom is -0.460 e. The van der Waals surface area contributed by atoms with E-state index in [1.807, 2.05) is 6.07 Å². The van der Waals surface area contributed by atoms with Gasteiger partial charge in [-0.3, -0.25) is 14.7 Å². The number of ether oxygens (including phenoxy) is 1. The van der Waals surface area contributed by atoms with Gasteiger partial charge in [0.1, 0.15) is 5.60 Å². The fourth-order valence-corrected chi connectivity index (χ4v) is 3.75. The molecule has 0 amide bonds. The SMILES string of the molecule is CC(C)(C)OC(=O)[C@@H]1[C@@H](c2ccc(C#N)cc2)c2c([nH][nH]c2=O)C[C@]1(C)O. The summed E-state index contributed by atoms with van der Waals surface area (Å²) in [4.78, 5) is 25.5. The lowest BCUT2D eigenvalue weighted by molar-refractivity contribution is -0.171. The number of carbonyl (C=O) groups excluding carboxylic acids is 1. The van der Waals surface area contributed by atoms with Crippen molar-refractivity contribution in [2.45, 2.75) is 51.2 Å². The fourth-order valence-electron chi connectivity index (χ4n) is 3.75. The van der Waals surface area contributed by atoms with Gasteiger partial charge in [-0.25, -0.2) is 0 Å². The summed E-state index contributed by atoms with van der Waals surface area (Å²) in [6.45, 7) is 6.85. The molecule has 0 fully saturated rings. The summed E-state index contributed by atoms with van der Waals surface area (Å²) in [6, 6.07) is 8.72. The number of carbonyl (C=O) groups is 1. The first-order valence-corrected chi connectivity index (χ1v) is 8.78. The first kappa shape index (κ1) is 18.9. The lowest BCUT2D eigenvalue weighted by Crippen LogP contribution is -2.51. The minimum atomic E-state index is -1.42. The van der Waals surface area contributed by atoms with E-state index in [-0.39, 0.29) is 12.0 Å². The van der Waals surface area contributed by atoms with Crippen molar-refractivity contribution >= 4 is 5.97 Å². The number of nitrogens with zero attached hydrogens (tertiary/aromatic N) is 1. The van der Waals surface area contributed by atoms with Gasteiger partial charge < -0.3 is 14.9 Å². The third kappa shape index (κ3) is 3.53. The van der Waals surface area contributed by atoms with Gasteiger partial charge in [0.2, 0.25) is 0 Å². The monoisotopic (exact) mass is 369 g/mol. The lowest BCUT2D eigenvalue weighted by atomic mass is 9.66. The Labute approximate surface area is 157 Å². The number of hydrogen-bond donors (Lipinski definition) is 3. The third-order valence-corrected chi connectivity index (χ3v) is 4.81. The Balaban J connectivity index is 2.18. The molecule has 2 aromatic rings. The van der Waals surface area contributed by atoms with Gasteiger partial charge in [0.25, 0.3) is 5.56 Å². The van der Waals surface area contributed by atoms with Gasteiger partial charge in [0.05, 0.1) is 23.2 Å². The van der Waals surface area contributed by atoms with Gasteiger partial charge in [-0.2, -0.15) is 5.26 Å². The van der Waals surface area contributed by atoms with Crippen LogP contribution in [0.4, 0.5) is 0 Å². The molecule has 0 saturated carbocycles. The Hall–Kier alpha value is -2.85. The normalized spacial score (nSPS) is 24.7.